The van der Waals surface area contributed by atoms with Crippen LogP contribution < -0.4 is 0 Å². The summed E-state index contributed by atoms with van der Waals surface area (Å²) >= 11 is 0. The molecule has 2 aliphatic carbocycles. The van der Waals surface area contributed by atoms with Crippen LogP contribution in [0.1, 0.15) is 25.7 Å². The number of hydrogen-bond donors (Lipinski definition) is 1. The van der Waals surface area contributed by atoms with Crippen molar-refractivity contribution in [2.45, 2.75) is 38.0 Å². The van der Waals surface area contributed by atoms with E-state index in [4.69, 9.17) is 4.74 Å². The lowest BCUT2D eigenvalue weighted by Crippen LogP contribution is -2.62. The molecule has 1 N–H and O–H groups in total. The molecule has 7 heteroatoms. The Hall–Kier alpha value is -1.08. The van der Waals surface area contributed by atoms with Gasteiger partial charge in [0.05, 0.1) is 0 Å². The van der Waals surface area contributed by atoms with Crippen molar-refractivity contribution >= 4 is 5.97 Å². The summed E-state index contributed by atoms with van der Waals surface area (Å²) in [5.74, 6) is -2.10. The predicted molar refractivity (Wildman–Crippen MR) is 67.5 cm³/mol. The van der Waals surface area contributed by atoms with Gasteiger partial charge in [0.1, 0.15) is 12.2 Å². The molecule has 4 atom stereocenters. The second-order valence-corrected chi connectivity index (χ2v) is 5.65. The van der Waals surface area contributed by atoms with Gasteiger partial charge in [-0.2, -0.15) is 13.2 Å². The van der Waals surface area contributed by atoms with Crippen LogP contribution in [-0.2, 0) is 14.3 Å². The second kappa shape index (κ2) is 5.96. The molecule has 0 aliphatic heterocycles. The Bertz CT molecular complexity index is 421. The van der Waals surface area contributed by atoms with E-state index in [1.165, 1.54) is 7.11 Å². The predicted octanol–water partition coefficient (Wildman–Crippen LogP) is 2.99. The van der Waals surface area contributed by atoms with E-state index in [0.717, 1.165) is 6.42 Å². The molecule has 4 unspecified atom stereocenters. The van der Waals surface area contributed by atoms with E-state index in [-0.39, 0.29) is 12.3 Å². The number of carboxylic acids is 1. The Morgan fingerprint density at radius 3 is 2.57 bits per heavy atom. The summed E-state index contributed by atoms with van der Waals surface area (Å²) in [4.78, 5) is 11.7. The number of aliphatic carboxylic acids is 1. The van der Waals surface area contributed by atoms with Crippen molar-refractivity contribution in [3.8, 4) is 0 Å². The summed E-state index contributed by atoms with van der Waals surface area (Å²) in [5.41, 5.74) is -1.91. The standard InChI is InChI=1S/C14H19F3O4/c1-20-8-21-11(14(15,16)17)13(12(18)19)7-6-10(13)9-4-2-3-5-9/h2,4,9-11H,3,5-8H2,1H3,(H,18,19). The van der Waals surface area contributed by atoms with Gasteiger partial charge in [-0.1, -0.05) is 12.2 Å². The van der Waals surface area contributed by atoms with Gasteiger partial charge in [-0.15, -0.1) is 0 Å². The van der Waals surface area contributed by atoms with Gasteiger partial charge < -0.3 is 14.6 Å². The van der Waals surface area contributed by atoms with Crippen molar-refractivity contribution in [3.05, 3.63) is 12.2 Å². The number of methoxy groups -OCH3 is 1. The Morgan fingerprint density at radius 1 is 1.48 bits per heavy atom. The minimum Gasteiger partial charge on any atom is -0.481 e. The molecule has 2 aliphatic rings. The van der Waals surface area contributed by atoms with Crippen molar-refractivity contribution in [3.63, 3.8) is 0 Å². The molecule has 0 aromatic heterocycles. The lowest BCUT2D eigenvalue weighted by molar-refractivity contribution is -0.296. The fraction of sp³-hybridized carbons (Fsp3) is 0.786. The normalized spacial score (nSPS) is 33.7. The first kappa shape index (κ1) is 16.3. The summed E-state index contributed by atoms with van der Waals surface area (Å²) in [6, 6.07) is 0. The zero-order valence-corrected chi connectivity index (χ0v) is 11.7. The van der Waals surface area contributed by atoms with Gasteiger partial charge >= 0.3 is 12.1 Å². The van der Waals surface area contributed by atoms with Crippen molar-refractivity contribution in [2.75, 3.05) is 13.9 Å². The number of ether oxygens (including phenoxy) is 2. The van der Waals surface area contributed by atoms with Crippen molar-refractivity contribution in [1.82, 2.24) is 0 Å². The van der Waals surface area contributed by atoms with Gasteiger partial charge in [-0.3, -0.25) is 4.79 Å². The Balaban J connectivity index is 2.30. The lowest BCUT2D eigenvalue weighted by atomic mass is 9.52. The minimum absolute atomic E-state index is 0.0226. The van der Waals surface area contributed by atoms with Crippen molar-refractivity contribution < 1.29 is 32.5 Å². The maximum Gasteiger partial charge on any atom is 0.415 e. The van der Waals surface area contributed by atoms with E-state index in [1.54, 1.807) is 0 Å². The quantitative estimate of drug-likeness (QED) is 0.605. The third kappa shape index (κ3) is 2.81. The molecule has 1 saturated carbocycles. The van der Waals surface area contributed by atoms with Crippen LogP contribution in [0.3, 0.4) is 0 Å². The van der Waals surface area contributed by atoms with E-state index >= 15 is 0 Å². The van der Waals surface area contributed by atoms with E-state index in [9.17, 15) is 23.1 Å². The maximum atomic E-state index is 13.3. The molecule has 1 fully saturated rings. The molecule has 21 heavy (non-hydrogen) atoms. The first-order valence-corrected chi connectivity index (χ1v) is 6.91. The Labute approximate surface area is 120 Å². The first-order chi connectivity index (χ1) is 9.84. The topological polar surface area (TPSA) is 55.8 Å². The smallest absolute Gasteiger partial charge is 0.415 e. The molecular formula is C14H19F3O4. The fourth-order valence-corrected chi connectivity index (χ4v) is 3.58. The SMILES string of the molecule is COCOC(C(F)(F)F)C1(C(=O)O)CCC1C1C=CCC1. The van der Waals surface area contributed by atoms with Gasteiger partial charge in [0.25, 0.3) is 0 Å². The number of alkyl halides is 3. The van der Waals surface area contributed by atoms with Gasteiger partial charge in [0.15, 0.2) is 6.10 Å². The van der Waals surface area contributed by atoms with Crippen LogP contribution in [0.5, 0.6) is 0 Å². The summed E-state index contributed by atoms with van der Waals surface area (Å²) in [5, 5.41) is 9.50. The zero-order valence-electron chi connectivity index (χ0n) is 11.7. The van der Waals surface area contributed by atoms with Crippen molar-refractivity contribution in [2.24, 2.45) is 17.3 Å². The summed E-state index contributed by atoms with van der Waals surface area (Å²) in [6.45, 7) is -0.577. The number of halogens is 3. The molecule has 0 radical (unpaired) electrons. The average molecular weight is 308 g/mol. The molecule has 2 rings (SSSR count). The Morgan fingerprint density at radius 2 is 2.19 bits per heavy atom. The molecule has 0 amide bonds. The third-order valence-corrected chi connectivity index (χ3v) is 4.61. The van der Waals surface area contributed by atoms with Crippen LogP contribution in [0.15, 0.2) is 12.2 Å². The van der Waals surface area contributed by atoms with E-state index in [0.29, 0.717) is 12.8 Å². The number of allylic oxidation sites excluding steroid dienone is 2. The molecule has 0 aromatic carbocycles. The van der Waals surface area contributed by atoms with Gasteiger partial charge in [0.2, 0.25) is 0 Å². The largest absolute Gasteiger partial charge is 0.481 e. The van der Waals surface area contributed by atoms with Crippen LogP contribution in [0.4, 0.5) is 13.2 Å². The highest BCUT2D eigenvalue weighted by Crippen LogP contribution is 2.58. The van der Waals surface area contributed by atoms with Crippen LogP contribution in [0.25, 0.3) is 0 Å². The van der Waals surface area contributed by atoms with Gasteiger partial charge in [-0.25, -0.2) is 0 Å². The van der Waals surface area contributed by atoms with Crippen LogP contribution in [0, 0.1) is 17.3 Å². The molecule has 120 valence electrons. The fourth-order valence-electron chi connectivity index (χ4n) is 3.58. The van der Waals surface area contributed by atoms with Gasteiger partial charge in [0, 0.05) is 7.11 Å². The molecule has 0 bridgehead atoms. The Kier molecular flexibility index (Phi) is 4.63. The number of carbonyl (C=O) groups is 1. The molecule has 0 heterocycles. The van der Waals surface area contributed by atoms with Crippen LogP contribution >= 0.6 is 0 Å². The van der Waals surface area contributed by atoms with Gasteiger partial charge in [-0.05, 0) is 37.5 Å². The highest BCUT2D eigenvalue weighted by atomic mass is 19.4. The molecule has 0 aromatic rings. The van der Waals surface area contributed by atoms with Crippen LogP contribution in [0.2, 0.25) is 0 Å². The van der Waals surface area contributed by atoms with E-state index < -0.39 is 36.4 Å². The molecule has 4 nitrogen and oxygen atoms in total. The highest BCUT2D eigenvalue weighted by Gasteiger charge is 2.67. The van der Waals surface area contributed by atoms with Crippen molar-refractivity contribution in [1.29, 1.82) is 0 Å². The average Bonchev–Trinajstić information content (AvgIpc) is 2.84. The summed E-state index contributed by atoms with van der Waals surface area (Å²) in [7, 11) is 1.21. The second-order valence-electron chi connectivity index (χ2n) is 5.65. The van der Waals surface area contributed by atoms with Crippen LogP contribution in [-0.4, -0.2) is 37.3 Å². The summed E-state index contributed by atoms with van der Waals surface area (Å²) in [6.07, 6.45) is -1.40. The van der Waals surface area contributed by atoms with E-state index in [2.05, 4.69) is 4.74 Å². The molecule has 0 saturated heterocycles. The lowest BCUT2D eigenvalue weighted by Gasteiger charge is -2.52. The molecule has 0 spiro atoms. The van der Waals surface area contributed by atoms with E-state index in [1.807, 2.05) is 12.2 Å². The highest BCUT2D eigenvalue weighted by molar-refractivity contribution is 5.77. The third-order valence-electron chi connectivity index (χ3n) is 4.61. The number of rotatable bonds is 6. The monoisotopic (exact) mass is 308 g/mol. The summed E-state index contributed by atoms with van der Waals surface area (Å²) < 4.78 is 49.3. The zero-order chi connectivity index (χ0) is 15.7. The minimum atomic E-state index is -4.74. The number of carboxylic acid groups (broad SMARTS) is 1. The molecular weight excluding hydrogens is 289 g/mol. The first-order valence-electron chi connectivity index (χ1n) is 6.91. The maximum absolute atomic E-state index is 13.3. The number of hydrogen-bond acceptors (Lipinski definition) is 3.